The predicted octanol–water partition coefficient (Wildman–Crippen LogP) is 5.34. The maximum atomic E-state index is 14.0. The molecule has 3 fully saturated rings. The third-order valence-corrected chi connectivity index (χ3v) is 11.3. The number of nitrogens with zero attached hydrogens (tertiary/aromatic N) is 4. The summed E-state index contributed by atoms with van der Waals surface area (Å²) in [5.41, 5.74) is 4.85. The van der Waals surface area contributed by atoms with E-state index in [4.69, 9.17) is 14.0 Å². The average molecular weight is 694 g/mol. The van der Waals surface area contributed by atoms with Crippen molar-refractivity contribution in [2.24, 2.45) is 11.8 Å². The van der Waals surface area contributed by atoms with Crippen LogP contribution in [0.1, 0.15) is 88.8 Å². The SMILES string of the molecule is Cc1ncsc1-c1ccc([C@H](C)NC(=O)[C@@H]2C[C@@H](O)CN2C(=O)[C@@H](c2cc(OCCN3CCC(OC4CC(C)C4)CC3)no2)C(C)C)cc1. The van der Waals surface area contributed by atoms with Crippen LogP contribution in [0, 0.1) is 18.8 Å². The van der Waals surface area contributed by atoms with Crippen LogP contribution in [-0.4, -0.2) is 94.0 Å². The van der Waals surface area contributed by atoms with Gasteiger partial charge in [-0.3, -0.25) is 14.5 Å². The number of ether oxygens (including phenoxy) is 2. The summed E-state index contributed by atoms with van der Waals surface area (Å²) in [5, 5.41) is 17.8. The van der Waals surface area contributed by atoms with Crippen LogP contribution in [0.15, 0.2) is 40.4 Å². The normalized spacial score (nSPS) is 24.5. The number of aliphatic hydroxyl groups excluding tert-OH is 1. The van der Waals surface area contributed by atoms with Gasteiger partial charge in [0.15, 0.2) is 5.76 Å². The Balaban J connectivity index is 1.01. The number of hydrogen-bond donors (Lipinski definition) is 2. The average Bonchev–Trinajstić information content (AvgIpc) is 3.81. The highest BCUT2D eigenvalue weighted by Gasteiger charge is 2.43. The second kappa shape index (κ2) is 15.7. The molecule has 6 rings (SSSR count). The third kappa shape index (κ3) is 8.53. The Bertz CT molecular complexity index is 1540. The molecule has 49 heavy (non-hydrogen) atoms. The Hall–Kier alpha value is -3.32. The van der Waals surface area contributed by atoms with Gasteiger partial charge in [0.25, 0.3) is 5.88 Å². The topological polar surface area (TPSA) is 130 Å². The standard InChI is InChI=1S/C37H51N5O6S/c1-22(2)34(32-19-33(40-48-32)46-15-14-41-12-10-29(11-13-41)47-30-16-23(3)17-30)37(45)42-20-28(43)18-31(42)36(44)39-24(4)26-6-8-27(9-7-26)35-25(5)38-21-49-35/h6-9,19,21-24,28-31,34,43H,10-18,20H2,1-5H3,(H,39,44)/t23?,24-,28+,30?,31-,34+/m0/s1. The second-order valence-corrected chi connectivity index (χ2v) is 15.4. The van der Waals surface area contributed by atoms with Gasteiger partial charge in [-0.05, 0) is 67.7 Å². The molecule has 1 aromatic carbocycles. The van der Waals surface area contributed by atoms with Gasteiger partial charge in [0.05, 0.1) is 40.4 Å². The summed E-state index contributed by atoms with van der Waals surface area (Å²) in [7, 11) is 0. The van der Waals surface area contributed by atoms with Crippen LogP contribution in [0.5, 0.6) is 5.88 Å². The van der Waals surface area contributed by atoms with E-state index in [1.54, 1.807) is 17.4 Å². The molecule has 3 aromatic rings. The summed E-state index contributed by atoms with van der Waals surface area (Å²) in [5.74, 6) is 0.151. The number of aryl methyl sites for hydroxylation is 1. The third-order valence-electron chi connectivity index (χ3n) is 10.3. The number of carbonyl (C=O) groups is 2. The van der Waals surface area contributed by atoms with Crippen molar-refractivity contribution in [3.05, 3.63) is 52.9 Å². The van der Waals surface area contributed by atoms with Gasteiger partial charge in [0.2, 0.25) is 11.8 Å². The molecular formula is C37H51N5O6S. The molecule has 4 atom stereocenters. The lowest BCUT2D eigenvalue weighted by Crippen LogP contribution is -2.48. The van der Waals surface area contributed by atoms with Crippen LogP contribution in [0.4, 0.5) is 0 Å². The van der Waals surface area contributed by atoms with Crippen molar-refractivity contribution in [2.45, 2.75) is 103 Å². The number of aromatic nitrogens is 2. The van der Waals surface area contributed by atoms with Crippen molar-refractivity contribution >= 4 is 23.2 Å². The lowest BCUT2D eigenvalue weighted by atomic mass is 9.84. The first kappa shape index (κ1) is 35.5. The Morgan fingerprint density at radius 2 is 1.84 bits per heavy atom. The van der Waals surface area contributed by atoms with Crippen molar-refractivity contribution in [1.29, 1.82) is 0 Å². The molecule has 2 aliphatic heterocycles. The maximum Gasteiger partial charge on any atom is 0.254 e. The number of piperidine rings is 1. The highest BCUT2D eigenvalue weighted by atomic mass is 32.1. The second-order valence-electron chi connectivity index (χ2n) is 14.5. The molecule has 2 N–H and O–H groups in total. The molecule has 12 heteroatoms. The number of likely N-dealkylation sites (tertiary alicyclic amines) is 2. The van der Waals surface area contributed by atoms with Crippen molar-refractivity contribution in [1.82, 2.24) is 25.3 Å². The summed E-state index contributed by atoms with van der Waals surface area (Å²) >= 11 is 1.60. The van der Waals surface area contributed by atoms with Gasteiger partial charge in [-0.15, -0.1) is 11.3 Å². The van der Waals surface area contributed by atoms with E-state index < -0.39 is 18.1 Å². The molecule has 266 valence electrons. The molecule has 2 aromatic heterocycles. The Kier molecular flexibility index (Phi) is 11.4. The molecule has 0 spiro atoms. The van der Waals surface area contributed by atoms with Crippen LogP contribution in [0.25, 0.3) is 10.4 Å². The summed E-state index contributed by atoms with van der Waals surface area (Å²) in [6.07, 6.45) is 4.66. The lowest BCUT2D eigenvalue weighted by Gasteiger charge is -2.38. The molecule has 1 aliphatic carbocycles. The van der Waals surface area contributed by atoms with Crippen molar-refractivity contribution < 1.29 is 28.7 Å². The summed E-state index contributed by atoms with van der Waals surface area (Å²) in [6, 6.07) is 8.66. The van der Waals surface area contributed by atoms with Gasteiger partial charge in [-0.25, -0.2) is 4.98 Å². The molecule has 3 aliphatic rings. The van der Waals surface area contributed by atoms with E-state index in [1.807, 2.05) is 57.5 Å². The zero-order valence-corrected chi connectivity index (χ0v) is 30.2. The molecule has 2 amide bonds. The number of amides is 2. The molecule has 2 saturated heterocycles. The Labute approximate surface area is 293 Å². The quantitative estimate of drug-likeness (QED) is 0.244. The van der Waals surface area contributed by atoms with Gasteiger partial charge in [-0.1, -0.05) is 45.0 Å². The minimum absolute atomic E-state index is 0.0798. The van der Waals surface area contributed by atoms with Crippen molar-refractivity contribution in [3.8, 4) is 16.3 Å². The Morgan fingerprint density at radius 1 is 1.10 bits per heavy atom. The minimum atomic E-state index is -0.796. The molecule has 0 unspecified atom stereocenters. The molecule has 4 heterocycles. The van der Waals surface area contributed by atoms with Crippen LogP contribution in [0.3, 0.4) is 0 Å². The van der Waals surface area contributed by atoms with E-state index in [1.165, 1.54) is 17.7 Å². The van der Waals surface area contributed by atoms with E-state index in [0.29, 0.717) is 30.5 Å². The fraction of sp³-hybridized carbons (Fsp3) is 0.622. The van der Waals surface area contributed by atoms with Crippen LogP contribution in [-0.2, 0) is 14.3 Å². The maximum absolute atomic E-state index is 14.0. The zero-order chi connectivity index (χ0) is 34.7. The van der Waals surface area contributed by atoms with Crippen LogP contribution >= 0.6 is 11.3 Å². The smallest absolute Gasteiger partial charge is 0.254 e. The number of hydrogen-bond acceptors (Lipinski definition) is 10. The number of nitrogens with one attached hydrogen (secondary N) is 1. The number of thiazole rings is 1. The molecular weight excluding hydrogens is 643 g/mol. The first-order chi connectivity index (χ1) is 23.5. The Morgan fingerprint density at radius 3 is 2.49 bits per heavy atom. The summed E-state index contributed by atoms with van der Waals surface area (Å²) in [6.45, 7) is 13.4. The predicted molar refractivity (Wildman–Crippen MR) is 187 cm³/mol. The summed E-state index contributed by atoms with van der Waals surface area (Å²) in [4.78, 5) is 36.9. The van der Waals surface area contributed by atoms with Crippen molar-refractivity contribution in [3.63, 3.8) is 0 Å². The number of aliphatic hydroxyl groups is 1. The fourth-order valence-corrected chi connectivity index (χ4v) is 8.17. The van der Waals surface area contributed by atoms with E-state index >= 15 is 0 Å². The van der Waals surface area contributed by atoms with Gasteiger partial charge in [0, 0.05) is 38.7 Å². The molecule has 0 radical (unpaired) electrons. The van der Waals surface area contributed by atoms with Crippen LogP contribution in [0.2, 0.25) is 0 Å². The molecule has 11 nitrogen and oxygen atoms in total. The highest BCUT2D eigenvalue weighted by molar-refractivity contribution is 7.13. The largest absolute Gasteiger partial charge is 0.474 e. The van der Waals surface area contributed by atoms with Crippen LogP contribution < -0.4 is 10.1 Å². The number of carbonyl (C=O) groups excluding carboxylic acids is 2. The fourth-order valence-electron chi connectivity index (χ4n) is 7.36. The van der Waals surface area contributed by atoms with E-state index in [9.17, 15) is 14.7 Å². The summed E-state index contributed by atoms with van der Waals surface area (Å²) < 4.78 is 17.8. The number of rotatable bonds is 13. The molecule has 1 saturated carbocycles. The molecule has 0 bridgehead atoms. The first-order valence-corrected chi connectivity index (χ1v) is 18.7. The van der Waals surface area contributed by atoms with E-state index in [-0.39, 0.29) is 36.7 Å². The van der Waals surface area contributed by atoms with E-state index in [2.05, 4.69) is 27.3 Å². The number of benzene rings is 1. The van der Waals surface area contributed by atoms with Gasteiger partial charge < -0.3 is 29.3 Å². The highest BCUT2D eigenvalue weighted by Crippen LogP contribution is 2.34. The van der Waals surface area contributed by atoms with Crippen molar-refractivity contribution in [2.75, 3.05) is 32.8 Å². The monoisotopic (exact) mass is 693 g/mol. The zero-order valence-electron chi connectivity index (χ0n) is 29.3. The van der Waals surface area contributed by atoms with Gasteiger partial charge in [0.1, 0.15) is 18.6 Å². The van der Waals surface area contributed by atoms with Gasteiger partial charge in [-0.2, -0.15) is 0 Å². The minimum Gasteiger partial charge on any atom is -0.474 e. The number of β-amino-alcohol motifs (C(OH)–C–C–N with tert-alkyl or cyclic N) is 1. The van der Waals surface area contributed by atoms with Gasteiger partial charge >= 0.3 is 0 Å². The first-order valence-electron chi connectivity index (χ1n) is 17.8. The lowest BCUT2D eigenvalue weighted by molar-refractivity contribution is -0.141. The van der Waals surface area contributed by atoms with E-state index in [0.717, 1.165) is 60.1 Å².